The third-order valence-corrected chi connectivity index (χ3v) is 3.64. The quantitative estimate of drug-likeness (QED) is 0.579. The van der Waals surface area contributed by atoms with Crippen LogP contribution in [0.5, 0.6) is 0 Å². The van der Waals surface area contributed by atoms with Gasteiger partial charge in [-0.15, -0.1) is 12.4 Å². The maximum Gasteiger partial charge on any atom is 0.0398 e. The van der Waals surface area contributed by atoms with Gasteiger partial charge in [0.25, 0.3) is 0 Å². The van der Waals surface area contributed by atoms with Crippen molar-refractivity contribution in [2.24, 2.45) is 0 Å². The summed E-state index contributed by atoms with van der Waals surface area (Å²) in [4.78, 5) is 2.47. The van der Waals surface area contributed by atoms with E-state index < -0.39 is 0 Å². The summed E-state index contributed by atoms with van der Waals surface area (Å²) in [6, 6.07) is 6.92. The Morgan fingerprint density at radius 2 is 1.63 bits per heavy atom. The van der Waals surface area contributed by atoms with Crippen LogP contribution in [0.2, 0.25) is 0 Å². The fraction of sp³-hybridized carbons (Fsp3) is 0.647. The molecule has 1 aromatic rings. The first kappa shape index (κ1) is 18.3. The van der Waals surface area contributed by atoms with E-state index in [9.17, 15) is 0 Å². The minimum Gasteiger partial charge on any atom is -0.372 e. The number of nitrogens with zero attached hydrogens (tertiary/aromatic N) is 1. The lowest BCUT2D eigenvalue weighted by atomic mass is 10.0. The maximum absolute atomic E-state index is 2.47. The highest BCUT2D eigenvalue weighted by molar-refractivity contribution is 5.85. The van der Waals surface area contributed by atoms with Gasteiger partial charge in [0.05, 0.1) is 0 Å². The Kier molecular flexibility index (Phi) is 9.77. The Morgan fingerprint density at radius 3 is 2.21 bits per heavy atom. The number of rotatable bonds is 8. The molecule has 0 N–H and O–H groups in total. The third kappa shape index (κ3) is 5.86. The van der Waals surface area contributed by atoms with Crippen molar-refractivity contribution < 1.29 is 0 Å². The molecule has 0 bridgehead atoms. The molecule has 0 amide bonds. The summed E-state index contributed by atoms with van der Waals surface area (Å²) in [6.07, 6.45) is 6.60. The molecule has 0 saturated heterocycles. The van der Waals surface area contributed by atoms with Crippen LogP contribution in [0.4, 0.5) is 5.69 Å². The molecular weight excluding hydrogens is 254 g/mol. The van der Waals surface area contributed by atoms with Crippen LogP contribution in [0.3, 0.4) is 0 Å². The second kappa shape index (κ2) is 10.1. The maximum atomic E-state index is 2.47. The summed E-state index contributed by atoms with van der Waals surface area (Å²) in [5, 5.41) is 0. The predicted octanol–water partition coefficient (Wildman–Crippen LogP) is 5.39. The van der Waals surface area contributed by atoms with Crippen LogP contribution in [0.15, 0.2) is 18.2 Å². The molecule has 1 nitrogen and oxygen atoms in total. The molecule has 0 aliphatic rings. The molecule has 0 unspecified atom stereocenters. The highest BCUT2D eigenvalue weighted by Crippen LogP contribution is 2.24. The van der Waals surface area contributed by atoms with Gasteiger partial charge in [0.2, 0.25) is 0 Å². The Labute approximate surface area is 125 Å². The summed E-state index contributed by atoms with van der Waals surface area (Å²) in [5.74, 6) is 0. The smallest absolute Gasteiger partial charge is 0.0398 e. The van der Waals surface area contributed by atoms with E-state index in [1.807, 2.05) is 0 Å². The lowest BCUT2D eigenvalue weighted by molar-refractivity contribution is 0.665. The SMILES string of the molecule is CCCCCCc1cc(C)ccc1N(CC)CC.Cl. The Bertz CT molecular complexity index is 345. The zero-order valence-electron chi connectivity index (χ0n) is 13.0. The van der Waals surface area contributed by atoms with Crippen molar-refractivity contribution in [2.75, 3.05) is 18.0 Å². The topological polar surface area (TPSA) is 3.24 Å². The summed E-state index contributed by atoms with van der Waals surface area (Å²) in [7, 11) is 0. The van der Waals surface area contributed by atoms with Crippen molar-refractivity contribution in [1.29, 1.82) is 0 Å². The van der Waals surface area contributed by atoms with Crippen molar-refractivity contribution in [3.8, 4) is 0 Å². The van der Waals surface area contributed by atoms with Crippen LogP contribution in [-0.4, -0.2) is 13.1 Å². The molecule has 0 aliphatic carbocycles. The van der Waals surface area contributed by atoms with Gasteiger partial charge >= 0.3 is 0 Å². The first-order valence-corrected chi connectivity index (χ1v) is 7.57. The first-order chi connectivity index (χ1) is 8.72. The van der Waals surface area contributed by atoms with E-state index in [2.05, 4.69) is 50.8 Å². The van der Waals surface area contributed by atoms with Crippen LogP contribution in [0.25, 0.3) is 0 Å². The number of hydrogen-bond acceptors (Lipinski definition) is 1. The monoisotopic (exact) mass is 283 g/mol. The predicted molar refractivity (Wildman–Crippen MR) is 89.8 cm³/mol. The van der Waals surface area contributed by atoms with E-state index in [0.29, 0.717) is 0 Å². The molecule has 0 saturated carbocycles. The van der Waals surface area contributed by atoms with Gasteiger partial charge in [-0.25, -0.2) is 0 Å². The van der Waals surface area contributed by atoms with E-state index in [4.69, 9.17) is 0 Å². The van der Waals surface area contributed by atoms with Crippen molar-refractivity contribution in [2.45, 2.75) is 59.8 Å². The molecular formula is C17H30ClN. The van der Waals surface area contributed by atoms with Gasteiger partial charge in [-0.1, -0.05) is 43.9 Å². The molecule has 0 spiro atoms. The summed E-state index contributed by atoms with van der Waals surface area (Å²) in [5.41, 5.74) is 4.37. The number of aryl methyl sites for hydroxylation is 2. The van der Waals surface area contributed by atoms with E-state index in [1.165, 1.54) is 48.9 Å². The molecule has 1 aromatic carbocycles. The van der Waals surface area contributed by atoms with Crippen molar-refractivity contribution in [1.82, 2.24) is 0 Å². The van der Waals surface area contributed by atoms with Gasteiger partial charge < -0.3 is 4.90 Å². The molecule has 1 rings (SSSR count). The van der Waals surface area contributed by atoms with Crippen LogP contribution >= 0.6 is 12.4 Å². The van der Waals surface area contributed by atoms with E-state index in [-0.39, 0.29) is 12.4 Å². The number of anilines is 1. The number of halogens is 1. The molecule has 0 aromatic heterocycles. The molecule has 19 heavy (non-hydrogen) atoms. The van der Waals surface area contributed by atoms with E-state index >= 15 is 0 Å². The minimum absolute atomic E-state index is 0. The number of hydrogen-bond donors (Lipinski definition) is 0. The third-order valence-electron chi connectivity index (χ3n) is 3.64. The molecule has 0 atom stereocenters. The van der Waals surface area contributed by atoms with Crippen LogP contribution < -0.4 is 4.90 Å². The largest absolute Gasteiger partial charge is 0.372 e. The average Bonchev–Trinajstić information content (AvgIpc) is 2.38. The highest BCUT2D eigenvalue weighted by atomic mass is 35.5. The summed E-state index contributed by atoms with van der Waals surface area (Å²) < 4.78 is 0. The molecule has 0 radical (unpaired) electrons. The number of unbranched alkanes of at least 4 members (excludes halogenated alkanes) is 3. The fourth-order valence-electron chi connectivity index (χ4n) is 2.53. The van der Waals surface area contributed by atoms with Crippen molar-refractivity contribution in [3.63, 3.8) is 0 Å². The zero-order valence-corrected chi connectivity index (χ0v) is 13.9. The van der Waals surface area contributed by atoms with Crippen molar-refractivity contribution >= 4 is 18.1 Å². The minimum atomic E-state index is 0. The fourth-order valence-corrected chi connectivity index (χ4v) is 2.53. The van der Waals surface area contributed by atoms with Gasteiger partial charge in [0, 0.05) is 18.8 Å². The second-order valence-electron chi connectivity index (χ2n) is 5.12. The standard InChI is InChI=1S/C17H29N.ClH/c1-5-8-9-10-11-16-14-15(4)12-13-17(16)18(6-2)7-3;/h12-14H,5-11H2,1-4H3;1H. The Morgan fingerprint density at radius 1 is 0.947 bits per heavy atom. The lowest BCUT2D eigenvalue weighted by Crippen LogP contribution is -2.23. The number of benzene rings is 1. The van der Waals surface area contributed by atoms with E-state index in [1.54, 1.807) is 0 Å². The normalized spacial score (nSPS) is 10.1. The summed E-state index contributed by atoms with van der Waals surface area (Å²) in [6.45, 7) is 11.1. The van der Waals surface area contributed by atoms with Crippen LogP contribution in [-0.2, 0) is 6.42 Å². The Balaban J connectivity index is 0.00000324. The van der Waals surface area contributed by atoms with Gasteiger partial charge in [-0.05, 0) is 45.2 Å². The molecule has 2 heteroatoms. The van der Waals surface area contributed by atoms with Crippen LogP contribution in [0.1, 0.15) is 57.6 Å². The zero-order chi connectivity index (χ0) is 13.4. The van der Waals surface area contributed by atoms with Crippen molar-refractivity contribution in [3.05, 3.63) is 29.3 Å². The van der Waals surface area contributed by atoms with Gasteiger partial charge in [0.15, 0.2) is 0 Å². The van der Waals surface area contributed by atoms with Crippen LogP contribution in [0, 0.1) is 6.92 Å². The van der Waals surface area contributed by atoms with Gasteiger partial charge in [0.1, 0.15) is 0 Å². The highest BCUT2D eigenvalue weighted by Gasteiger charge is 2.08. The molecule has 0 aliphatic heterocycles. The lowest BCUT2D eigenvalue weighted by Gasteiger charge is -2.24. The molecule has 0 fully saturated rings. The summed E-state index contributed by atoms with van der Waals surface area (Å²) >= 11 is 0. The van der Waals surface area contributed by atoms with E-state index in [0.717, 1.165) is 13.1 Å². The average molecular weight is 284 g/mol. The second-order valence-corrected chi connectivity index (χ2v) is 5.12. The first-order valence-electron chi connectivity index (χ1n) is 7.57. The Hall–Kier alpha value is -0.690. The molecule has 110 valence electrons. The van der Waals surface area contributed by atoms with Gasteiger partial charge in [-0.2, -0.15) is 0 Å². The van der Waals surface area contributed by atoms with Gasteiger partial charge in [-0.3, -0.25) is 0 Å². The molecule has 0 heterocycles.